The van der Waals surface area contributed by atoms with Gasteiger partial charge in [-0.25, -0.2) is 0 Å². The Labute approximate surface area is 111 Å². The van der Waals surface area contributed by atoms with Gasteiger partial charge in [0.15, 0.2) is 0 Å². The molecular weight excluding hydrogens is 306 g/mol. The molecule has 7 heteroatoms. The molecule has 2 rings (SSSR count). The third-order valence-corrected chi connectivity index (χ3v) is 4.02. The van der Waals surface area contributed by atoms with Gasteiger partial charge in [0.25, 0.3) is 0 Å². The van der Waals surface area contributed by atoms with Crippen LogP contribution in [0.3, 0.4) is 0 Å². The van der Waals surface area contributed by atoms with E-state index in [2.05, 4.69) is 31.9 Å². The van der Waals surface area contributed by atoms with Gasteiger partial charge in [0.1, 0.15) is 6.04 Å². The van der Waals surface area contributed by atoms with E-state index in [9.17, 15) is 9.59 Å². The molecule has 1 saturated heterocycles. The van der Waals surface area contributed by atoms with Crippen molar-refractivity contribution in [1.29, 1.82) is 0 Å². The van der Waals surface area contributed by atoms with Gasteiger partial charge >= 0.3 is 0 Å². The molecule has 0 aliphatic carbocycles. The maximum atomic E-state index is 11.8. The number of carbonyl (C=O) groups is 2. The standard InChI is InChI=1S/C10H12BrN3O2S/c11-8-2-1-6(17-8)3-14-10(16)7-4-13-9(15)5-12-7/h1-2,7,12H,3-5H2,(H,13,15)(H,14,16). The number of rotatable bonds is 3. The van der Waals surface area contributed by atoms with E-state index >= 15 is 0 Å². The number of hydrogen-bond donors (Lipinski definition) is 3. The van der Waals surface area contributed by atoms with Crippen molar-refractivity contribution in [2.24, 2.45) is 0 Å². The van der Waals surface area contributed by atoms with E-state index in [0.29, 0.717) is 13.1 Å². The second kappa shape index (κ2) is 5.61. The second-order valence-corrected chi connectivity index (χ2v) is 6.21. The first-order valence-electron chi connectivity index (χ1n) is 5.17. The number of thiophene rings is 1. The van der Waals surface area contributed by atoms with Gasteiger partial charge in [0.2, 0.25) is 11.8 Å². The fraction of sp³-hybridized carbons (Fsp3) is 0.400. The average Bonchev–Trinajstić information content (AvgIpc) is 2.73. The molecule has 0 spiro atoms. The SMILES string of the molecule is O=C1CNC(C(=O)NCc2ccc(Br)s2)CN1. The van der Waals surface area contributed by atoms with Crippen molar-refractivity contribution in [2.45, 2.75) is 12.6 Å². The maximum absolute atomic E-state index is 11.8. The highest BCUT2D eigenvalue weighted by atomic mass is 79.9. The summed E-state index contributed by atoms with van der Waals surface area (Å²) >= 11 is 4.96. The van der Waals surface area contributed by atoms with Crippen LogP contribution in [0.15, 0.2) is 15.9 Å². The van der Waals surface area contributed by atoms with Crippen LogP contribution in [0.25, 0.3) is 0 Å². The molecular formula is C10H12BrN3O2S. The van der Waals surface area contributed by atoms with Crippen molar-refractivity contribution < 1.29 is 9.59 Å². The lowest BCUT2D eigenvalue weighted by molar-refractivity contribution is -0.126. The third kappa shape index (κ3) is 3.52. The lowest BCUT2D eigenvalue weighted by Crippen LogP contribution is -2.57. The maximum Gasteiger partial charge on any atom is 0.239 e. The first-order chi connectivity index (χ1) is 8.15. The highest BCUT2D eigenvalue weighted by Gasteiger charge is 2.23. The van der Waals surface area contributed by atoms with Crippen molar-refractivity contribution >= 4 is 39.1 Å². The third-order valence-electron chi connectivity index (χ3n) is 2.39. The Bertz CT molecular complexity index is 425. The van der Waals surface area contributed by atoms with Crippen LogP contribution in [0, 0.1) is 0 Å². The number of halogens is 1. The molecule has 2 amide bonds. The minimum absolute atomic E-state index is 0.0729. The van der Waals surface area contributed by atoms with Crippen LogP contribution < -0.4 is 16.0 Å². The van der Waals surface area contributed by atoms with Crippen molar-refractivity contribution in [3.05, 3.63) is 20.8 Å². The minimum atomic E-state index is -0.337. The van der Waals surface area contributed by atoms with E-state index in [0.717, 1.165) is 8.66 Å². The molecule has 1 aromatic heterocycles. The predicted molar refractivity (Wildman–Crippen MR) is 68.7 cm³/mol. The molecule has 2 heterocycles. The Balaban J connectivity index is 1.79. The van der Waals surface area contributed by atoms with E-state index in [4.69, 9.17) is 0 Å². The summed E-state index contributed by atoms with van der Waals surface area (Å²) in [5.41, 5.74) is 0. The molecule has 1 unspecified atom stereocenters. The van der Waals surface area contributed by atoms with Crippen LogP contribution in [0.5, 0.6) is 0 Å². The Kier molecular flexibility index (Phi) is 4.14. The lowest BCUT2D eigenvalue weighted by Gasteiger charge is -2.22. The highest BCUT2D eigenvalue weighted by molar-refractivity contribution is 9.11. The Morgan fingerprint density at radius 1 is 1.59 bits per heavy atom. The van der Waals surface area contributed by atoms with Crippen molar-refractivity contribution in [3.8, 4) is 0 Å². The van der Waals surface area contributed by atoms with Crippen LogP contribution in [0.2, 0.25) is 0 Å². The molecule has 1 fully saturated rings. The highest BCUT2D eigenvalue weighted by Crippen LogP contribution is 2.21. The zero-order chi connectivity index (χ0) is 12.3. The molecule has 5 nitrogen and oxygen atoms in total. The largest absolute Gasteiger partial charge is 0.353 e. The molecule has 3 N–H and O–H groups in total. The van der Waals surface area contributed by atoms with E-state index in [1.54, 1.807) is 11.3 Å². The van der Waals surface area contributed by atoms with Gasteiger partial charge in [-0.2, -0.15) is 0 Å². The number of piperazine rings is 1. The Morgan fingerprint density at radius 3 is 3.00 bits per heavy atom. The van der Waals surface area contributed by atoms with Crippen LogP contribution >= 0.6 is 27.3 Å². The van der Waals surface area contributed by atoms with E-state index in [1.165, 1.54) is 0 Å². The van der Waals surface area contributed by atoms with Gasteiger partial charge in [-0.15, -0.1) is 11.3 Å². The van der Waals surface area contributed by atoms with Gasteiger partial charge in [-0.05, 0) is 28.1 Å². The molecule has 1 aliphatic heterocycles. The summed E-state index contributed by atoms with van der Waals surface area (Å²) < 4.78 is 1.05. The number of hydrogen-bond acceptors (Lipinski definition) is 4. The molecule has 0 radical (unpaired) electrons. The normalized spacial score (nSPS) is 19.8. The fourth-order valence-corrected chi connectivity index (χ4v) is 2.92. The van der Waals surface area contributed by atoms with Gasteiger partial charge in [0, 0.05) is 11.4 Å². The van der Waals surface area contributed by atoms with Crippen molar-refractivity contribution in [2.75, 3.05) is 13.1 Å². The quantitative estimate of drug-likeness (QED) is 0.746. The lowest BCUT2D eigenvalue weighted by atomic mass is 10.2. The zero-order valence-electron chi connectivity index (χ0n) is 8.96. The van der Waals surface area contributed by atoms with Gasteiger partial charge in [-0.1, -0.05) is 0 Å². The number of amides is 2. The second-order valence-electron chi connectivity index (χ2n) is 3.66. The molecule has 0 saturated carbocycles. The summed E-state index contributed by atoms with van der Waals surface area (Å²) in [7, 11) is 0. The average molecular weight is 318 g/mol. The van der Waals surface area contributed by atoms with Gasteiger partial charge in [0.05, 0.1) is 16.9 Å². The smallest absolute Gasteiger partial charge is 0.239 e. The first kappa shape index (κ1) is 12.5. The molecule has 0 aromatic carbocycles. The Morgan fingerprint density at radius 2 is 2.41 bits per heavy atom. The molecule has 92 valence electrons. The van der Waals surface area contributed by atoms with Crippen LogP contribution in [0.4, 0.5) is 0 Å². The summed E-state index contributed by atoms with van der Waals surface area (Å²) in [6.07, 6.45) is 0. The number of carbonyl (C=O) groups excluding carboxylic acids is 2. The Hall–Kier alpha value is -0.920. The minimum Gasteiger partial charge on any atom is -0.353 e. The van der Waals surface area contributed by atoms with Crippen LogP contribution in [-0.2, 0) is 16.1 Å². The molecule has 1 aromatic rings. The molecule has 1 atom stereocenters. The summed E-state index contributed by atoms with van der Waals surface area (Å²) in [4.78, 5) is 23.7. The van der Waals surface area contributed by atoms with Crippen molar-refractivity contribution in [1.82, 2.24) is 16.0 Å². The van der Waals surface area contributed by atoms with Crippen molar-refractivity contribution in [3.63, 3.8) is 0 Å². The zero-order valence-corrected chi connectivity index (χ0v) is 11.4. The number of nitrogens with one attached hydrogen (secondary N) is 3. The molecule has 1 aliphatic rings. The van der Waals surface area contributed by atoms with Crippen LogP contribution in [0.1, 0.15) is 4.88 Å². The van der Waals surface area contributed by atoms with Crippen LogP contribution in [-0.4, -0.2) is 30.9 Å². The van der Waals surface area contributed by atoms with Gasteiger partial charge < -0.3 is 10.6 Å². The molecule has 0 bridgehead atoms. The van der Waals surface area contributed by atoms with E-state index in [1.807, 2.05) is 12.1 Å². The first-order valence-corrected chi connectivity index (χ1v) is 6.78. The molecule has 17 heavy (non-hydrogen) atoms. The summed E-state index contributed by atoms with van der Waals surface area (Å²) in [5, 5.41) is 8.36. The summed E-state index contributed by atoms with van der Waals surface area (Å²) in [6, 6.07) is 3.58. The van der Waals surface area contributed by atoms with E-state index < -0.39 is 0 Å². The van der Waals surface area contributed by atoms with Gasteiger partial charge in [-0.3, -0.25) is 14.9 Å². The van der Waals surface area contributed by atoms with E-state index in [-0.39, 0.29) is 24.4 Å². The fourth-order valence-electron chi connectivity index (χ4n) is 1.50. The predicted octanol–water partition coefficient (Wildman–Crippen LogP) is 0.215. The summed E-state index contributed by atoms with van der Waals surface area (Å²) in [5.74, 6) is -0.161. The summed E-state index contributed by atoms with van der Waals surface area (Å²) in [6.45, 7) is 1.06. The topological polar surface area (TPSA) is 70.2 Å². The monoisotopic (exact) mass is 317 g/mol.